The van der Waals surface area contributed by atoms with Gasteiger partial charge in [-0.1, -0.05) is 212 Å². The predicted molar refractivity (Wildman–Crippen MR) is 250 cm³/mol. The normalized spacial score (nSPS) is 11.3. The lowest BCUT2D eigenvalue weighted by Gasteiger charge is -2.13. The number of aromatic nitrogens is 5. The molecule has 0 saturated carbocycles. The molecular formula is C56H37N5. The Morgan fingerprint density at radius 1 is 0.295 bits per heavy atom. The van der Waals surface area contributed by atoms with E-state index >= 15 is 0 Å². The first-order valence-corrected chi connectivity index (χ1v) is 20.5. The van der Waals surface area contributed by atoms with Crippen molar-refractivity contribution >= 4 is 16.3 Å². The van der Waals surface area contributed by atoms with Gasteiger partial charge in [0, 0.05) is 38.8 Å². The van der Waals surface area contributed by atoms with Crippen molar-refractivity contribution in [2.45, 2.75) is 0 Å². The van der Waals surface area contributed by atoms with Gasteiger partial charge >= 0.3 is 0 Å². The molecule has 0 bridgehead atoms. The van der Waals surface area contributed by atoms with E-state index in [2.05, 4.69) is 205 Å². The van der Waals surface area contributed by atoms with E-state index in [0.717, 1.165) is 88.9 Å². The van der Waals surface area contributed by atoms with Crippen LogP contribution in [0.15, 0.2) is 224 Å². The molecule has 0 N–H and O–H groups in total. The van der Waals surface area contributed by atoms with E-state index in [9.17, 15) is 0 Å². The number of nitrogens with zero attached hydrogens (tertiary/aromatic N) is 5. The minimum Gasteiger partial charge on any atom is -0.231 e. The summed E-state index contributed by atoms with van der Waals surface area (Å²) < 4.78 is 2.12. The lowest BCUT2D eigenvalue weighted by atomic mass is 9.96. The number of pyridine rings is 1. The highest BCUT2D eigenvalue weighted by Gasteiger charge is 2.22. The van der Waals surface area contributed by atoms with Crippen LogP contribution >= 0.6 is 0 Å². The average molecular weight is 780 g/mol. The minimum atomic E-state index is 0.601. The third-order valence-corrected chi connectivity index (χ3v) is 11.3. The van der Waals surface area contributed by atoms with E-state index in [1.807, 2.05) is 24.3 Å². The summed E-state index contributed by atoms with van der Waals surface area (Å²) in [5, 5.41) is 7.53. The number of rotatable bonds is 8. The second-order valence-electron chi connectivity index (χ2n) is 15.1. The Kier molecular flexibility index (Phi) is 9.10. The molecule has 5 nitrogen and oxygen atoms in total. The molecule has 11 rings (SSSR count). The Bertz CT molecular complexity index is 3190. The van der Waals surface area contributed by atoms with E-state index in [0.29, 0.717) is 17.5 Å². The van der Waals surface area contributed by atoms with Crippen LogP contribution in [0.2, 0.25) is 0 Å². The number of benzene rings is 8. The van der Waals surface area contributed by atoms with Crippen molar-refractivity contribution < 1.29 is 0 Å². The number of hydrogen-bond donors (Lipinski definition) is 0. The zero-order valence-corrected chi connectivity index (χ0v) is 33.1. The maximum absolute atomic E-state index is 5.39. The Morgan fingerprint density at radius 2 is 0.672 bits per heavy atom. The van der Waals surface area contributed by atoms with Gasteiger partial charge in [-0.05, 0) is 45.3 Å². The fourth-order valence-electron chi connectivity index (χ4n) is 8.23. The van der Waals surface area contributed by atoms with Gasteiger partial charge in [-0.25, -0.2) is 19.5 Å². The van der Waals surface area contributed by atoms with Crippen molar-refractivity contribution in [1.29, 1.82) is 0 Å². The fourth-order valence-corrected chi connectivity index (χ4v) is 8.23. The van der Waals surface area contributed by atoms with Crippen molar-refractivity contribution in [2.24, 2.45) is 0 Å². The molecule has 0 unspecified atom stereocenters. The minimum absolute atomic E-state index is 0.601. The summed E-state index contributed by atoms with van der Waals surface area (Å²) in [5.41, 5.74) is 14.6. The van der Waals surface area contributed by atoms with Crippen molar-refractivity contribution in [2.75, 3.05) is 0 Å². The molecule has 0 aliphatic rings. The first-order chi connectivity index (χ1) is 30.2. The van der Waals surface area contributed by atoms with E-state index in [4.69, 9.17) is 20.1 Å². The Hall–Kier alpha value is -8.28. The highest BCUT2D eigenvalue weighted by molar-refractivity contribution is 6.09. The van der Waals surface area contributed by atoms with Gasteiger partial charge in [0.25, 0.3) is 0 Å². The van der Waals surface area contributed by atoms with Gasteiger partial charge in [0.15, 0.2) is 17.5 Å². The van der Waals surface area contributed by atoms with Crippen LogP contribution in [0, 0.1) is 0 Å². The average Bonchev–Trinajstić information content (AvgIpc) is 3.76. The summed E-state index contributed by atoms with van der Waals surface area (Å²) in [6, 6.07) is 78.1. The molecule has 0 aliphatic heterocycles. The van der Waals surface area contributed by atoms with Crippen molar-refractivity contribution in [3.8, 4) is 90.1 Å². The molecule has 3 aromatic heterocycles. The molecule has 0 aliphatic carbocycles. The first-order valence-electron chi connectivity index (χ1n) is 20.5. The maximum Gasteiger partial charge on any atom is 0.164 e. The maximum atomic E-state index is 5.39. The number of fused-ring (bicyclic) bond motifs is 3. The van der Waals surface area contributed by atoms with Gasteiger partial charge in [-0.2, -0.15) is 5.10 Å². The van der Waals surface area contributed by atoms with E-state index < -0.39 is 0 Å². The highest BCUT2D eigenvalue weighted by atomic mass is 15.2. The van der Waals surface area contributed by atoms with E-state index in [1.165, 1.54) is 0 Å². The molecule has 0 saturated heterocycles. The zero-order valence-electron chi connectivity index (χ0n) is 33.1. The van der Waals surface area contributed by atoms with Crippen LogP contribution in [0.4, 0.5) is 0 Å². The van der Waals surface area contributed by atoms with Crippen LogP contribution in [-0.2, 0) is 0 Å². The Morgan fingerprint density at radius 3 is 1.16 bits per heavy atom. The molecule has 0 atom stereocenters. The highest BCUT2D eigenvalue weighted by Crippen LogP contribution is 2.42. The van der Waals surface area contributed by atoms with Crippen LogP contribution in [-0.4, -0.2) is 24.6 Å². The third kappa shape index (κ3) is 6.84. The molecule has 0 radical (unpaired) electrons. The molecule has 11 aromatic rings. The molecule has 8 aromatic carbocycles. The third-order valence-electron chi connectivity index (χ3n) is 11.3. The van der Waals surface area contributed by atoms with Gasteiger partial charge in [-0.3, -0.25) is 0 Å². The molecule has 0 spiro atoms. The van der Waals surface area contributed by atoms with Gasteiger partial charge in [0.1, 0.15) is 5.69 Å². The fraction of sp³-hybridized carbons (Fsp3) is 0. The van der Waals surface area contributed by atoms with Gasteiger partial charge < -0.3 is 0 Å². The van der Waals surface area contributed by atoms with Crippen LogP contribution in [0.3, 0.4) is 0 Å². The van der Waals surface area contributed by atoms with Crippen LogP contribution in [0.1, 0.15) is 0 Å². The van der Waals surface area contributed by atoms with Crippen LogP contribution < -0.4 is 0 Å². The molecule has 0 fully saturated rings. The zero-order chi connectivity index (χ0) is 40.5. The van der Waals surface area contributed by atoms with Gasteiger partial charge in [0.2, 0.25) is 0 Å². The summed E-state index contributed by atoms with van der Waals surface area (Å²) in [5.74, 6) is 1.83. The Balaban J connectivity index is 1.11. The first kappa shape index (κ1) is 35.8. The summed E-state index contributed by atoms with van der Waals surface area (Å²) in [6.45, 7) is 0. The predicted octanol–water partition coefficient (Wildman–Crippen LogP) is 14.0. The van der Waals surface area contributed by atoms with Gasteiger partial charge in [0.05, 0.1) is 11.2 Å². The largest absolute Gasteiger partial charge is 0.231 e. The monoisotopic (exact) mass is 779 g/mol. The summed E-state index contributed by atoms with van der Waals surface area (Å²) >= 11 is 0. The molecule has 61 heavy (non-hydrogen) atoms. The smallest absolute Gasteiger partial charge is 0.164 e. The molecule has 5 heteroatoms. The van der Waals surface area contributed by atoms with E-state index in [-0.39, 0.29) is 0 Å². The molecule has 0 amide bonds. The molecule has 3 heterocycles. The topological polar surface area (TPSA) is 56.0 Å². The quantitative estimate of drug-likeness (QED) is 0.154. The lowest BCUT2D eigenvalue weighted by molar-refractivity contribution is 0.979. The molecule has 286 valence electrons. The SMILES string of the molecule is c1ccc(-c2ccc(-c3nc(-c4ccc(-c5ccccc5)cc4)nc(-c4ccc5c(c4)cc(-c4ccccc4)n4nc(-c6ccccc6)c(-c6ccccc6)c54)n3)cc2)cc1. The standard InChI is InChI=1S/C56H37N5/c1-6-16-38(17-7-1)40-26-30-45(31-27-40)54-57-55(46-32-28-41(29-33-46)39-18-8-2-9-19-39)59-56(58-54)47-34-35-49-48(36-47)37-50(42-20-10-3-11-21-42)61-53(49)51(43-22-12-4-13-23-43)52(60-61)44-24-14-5-15-25-44/h1-37H. The van der Waals surface area contributed by atoms with Crippen LogP contribution in [0.25, 0.3) is 106 Å². The second-order valence-corrected chi connectivity index (χ2v) is 15.1. The van der Waals surface area contributed by atoms with Crippen molar-refractivity contribution in [3.63, 3.8) is 0 Å². The van der Waals surface area contributed by atoms with Crippen molar-refractivity contribution in [1.82, 2.24) is 24.6 Å². The molecular weight excluding hydrogens is 743 g/mol. The second kappa shape index (κ2) is 15.5. The number of hydrogen-bond acceptors (Lipinski definition) is 4. The van der Waals surface area contributed by atoms with Gasteiger partial charge in [-0.15, -0.1) is 0 Å². The summed E-state index contributed by atoms with van der Waals surface area (Å²) in [7, 11) is 0. The van der Waals surface area contributed by atoms with E-state index in [1.54, 1.807) is 0 Å². The summed E-state index contributed by atoms with van der Waals surface area (Å²) in [6.07, 6.45) is 0. The lowest BCUT2D eigenvalue weighted by Crippen LogP contribution is -2.01. The van der Waals surface area contributed by atoms with Crippen LogP contribution in [0.5, 0.6) is 0 Å². The van der Waals surface area contributed by atoms with Crippen molar-refractivity contribution in [3.05, 3.63) is 224 Å². The Labute approximate surface area is 354 Å². The summed E-state index contributed by atoms with van der Waals surface area (Å²) in [4.78, 5) is 15.5.